The molecule has 1 heterocycles. The van der Waals surface area contributed by atoms with Crippen LogP contribution in [0.2, 0.25) is 5.21 Å². The first-order chi connectivity index (χ1) is 11.0. The third-order valence-electron chi connectivity index (χ3n) is 2.97. The van der Waals surface area contributed by atoms with Crippen molar-refractivity contribution in [2.45, 2.75) is 5.21 Å². The molecule has 1 aromatic carbocycles. The van der Waals surface area contributed by atoms with Gasteiger partial charge in [-0.2, -0.15) is 0 Å². The topological polar surface area (TPSA) is 100 Å². The second kappa shape index (κ2) is 7.57. The van der Waals surface area contributed by atoms with E-state index in [1.165, 1.54) is 19.4 Å². The molecule has 6 nitrogen and oxygen atoms in total. The Morgan fingerprint density at radius 1 is 1.35 bits per heavy atom. The summed E-state index contributed by atoms with van der Waals surface area (Å²) in [6.45, 7) is 0. The minimum absolute atomic E-state index is 0.0267. The number of hydrogen-bond donors (Lipinski definition) is 1. The number of nitriles is 1. The van der Waals surface area contributed by atoms with Crippen molar-refractivity contribution < 1.29 is 19.4 Å². The third kappa shape index (κ3) is 4.18. The second-order valence-electron chi connectivity index (χ2n) is 4.48. The van der Waals surface area contributed by atoms with Crippen LogP contribution in [0.5, 0.6) is 5.75 Å². The van der Waals surface area contributed by atoms with Crippen molar-refractivity contribution in [2.75, 3.05) is 7.11 Å². The zero-order valence-electron chi connectivity index (χ0n) is 12.2. The molecule has 0 aliphatic carbocycles. The number of carbonyl (C=O) groups excluding carboxylic acids is 2. The Labute approximate surface area is 139 Å². The molecule has 0 unspecified atom stereocenters. The monoisotopic (exact) mass is 371 g/mol. The van der Waals surface area contributed by atoms with Gasteiger partial charge in [0, 0.05) is 0 Å². The Balaban J connectivity index is 2.22. The van der Waals surface area contributed by atoms with E-state index in [-0.39, 0.29) is 21.2 Å². The SMILES string of the molecule is COC(=O)C[As]C(=O)c1ncc(-c2cccc(C#N)c2)cc1O. The van der Waals surface area contributed by atoms with E-state index >= 15 is 0 Å². The number of aromatic hydroxyl groups is 1. The van der Waals surface area contributed by atoms with Gasteiger partial charge in [0.1, 0.15) is 0 Å². The molecule has 2 aromatic rings. The van der Waals surface area contributed by atoms with E-state index < -0.39 is 21.7 Å². The zero-order valence-corrected chi connectivity index (χ0v) is 14.1. The van der Waals surface area contributed by atoms with Crippen LogP contribution in [0.15, 0.2) is 36.5 Å². The van der Waals surface area contributed by atoms with Crippen molar-refractivity contribution >= 4 is 26.3 Å². The predicted molar refractivity (Wildman–Crippen MR) is 83.0 cm³/mol. The van der Waals surface area contributed by atoms with E-state index in [0.717, 1.165) is 0 Å². The maximum absolute atomic E-state index is 12.0. The number of pyridine rings is 1. The average molecular weight is 371 g/mol. The molecule has 1 radical (unpaired) electrons. The van der Waals surface area contributed by atoms with Gasteiger partial charge in [-0.1, -0.05) is 0 Å². The van der Waals surface area contributed by atoms with Gasteiger partial charge in [-0.15, -0.1) is 0 Å². The summed E-state index contributed by atoms with van der Waals surface area (Å²) in [6, 6.07) is 10.3. The Bertz CT molecular complexity index is 799. The number of esters is 1. The molecule has 115 valence electrons. The second-order valence-corrected chi connectivity index (χ2v) is 6.66. The molecule has 1 aromatic heterocycles. The normalized spacial score (nSPS) is 10.4. The molecule has 23 heavy (non-hydrogen) atoms. The Morgan fingerprint density at radius 3 is 2.78 bits per heavy atom. The summed E-state index contributed by atoms with van der Waals surface area (Å²) in [5.41, 5.74) is 1.76. The standard InChI is InChI=1S/C16H12AsN2O4/c1-23-14(21)7-17-16(22)15-13(20)6-12(9-19-15)11-4-2-3-10(5-11)8-18/h2-6,9,20H,7H2,1H3. The van der Waals surface area contributed by atoms with E-state index in [0.29, 0.717) is 16.7 Å². The van der Waals surface area contributed by atoms with E-state index in [4.69, 9.17) is 5.26 Å². The van der Waals surface area contributed by atoms with Gasteiger partial charge in [-0.3, -0.25) is 0 Å². The fraction of sp³-hybridized carbons (Fsp3) is 0.125. The number of hydrogen-bond acceptors (Lipinski definition) is 6. The Morgan fingerprint density at radius 2 is 2.13 bits per heavy atom. The van der Waals surface area contributed by atoms with Crippen molar-refractivity contribution in [3.63, 3.8) is 0 Å². The van der Waals surface area contributed by atoms with Gasteiger partial charge in [-0.05, 0) is 0 Å². The molecule has 0 aliphatic rings. The van der Waals surface area contributed by atoms with E-state index in [9.17, 15) is 14.7 Å². The van der Waals surface area contributed by atoms with Crippen LogP contribution in [-0.2, 0) is 9.53 Å². The molecule has 0 saturated heterocycles. The molecule has 1 N–H and O–H groups in total. The number of methoxy groups -OCH3 is 1. The van der Waals surface area contributed by atoms with E-state index in [1.807, 2.05) is 6.07 Å². The van der Waals surface area contributed by atoms with Crippen LogP contribution in [0.1, 0.15) is 16.1 Å². The van der Waals surface area contributed by atoms with Crippen LogP contribution in [-0.4, -0.2) is 43.5 Å². The number of aromatic nitrogens is 1. The molecule has 0 bridgehead atoms. The predicted octanol–water partition coefficient (Wildman–Crippen LogP) is 1.76. The Kier molecular flexibility index (Phi) is 5.50. The van der Waals surface area contributed by atoms with Gasteiger partial charge in [0.25, 0.3) is 0 Å². The van der Waals surface area contributed by atoms with Gasteiger partial charge in [0.15, 0.2) is 0 Å². The maximum atomic E-state index is 12.0. The van der Waals surface area contributed by atoms with Crippen molar-refractivity contribution in [3.05, 3.63) is 47.8 Å². The minimum atomic E-state index is -0.978. The summed E-state index contributed by atoms with van der Waals surface area (Å²) in [5.74, 6) is -0.696. The number of benzene rings is 1. The van der Waals surface area contributed by atoms with Crippen LogP contribution in [0.4, 0.5) is 0 Å². The van der Waals surface area contributed by atoms with Crippen molar-refractivity contribution in [2.24, 2.45) is 0 Å². The summed E-state index contributed by atoms with van der Waals surface area (Å²) in [4.78, 5) is 27.1. The molecular formula is C16H12AsN2O4. The quantitative estimate of drug-likeness (QED) is 0.635. The number of carbonyl (C=O) groups is 2. The summed E-state index contributed by atoms with van der Waals surface area (Å²) >= 11 is -0.978. The van der Waals surface area contributed by atoms with Crippen LogP contribution in [0.25, 0.3) is 11.1 Å². The molecule has 0 atom stereocenters. The van der Waals surface area contributed by atoms with Crippen LogP contribution < -0.4 is 0 Å². The molecule has 0 saturated carbocycles. The summed E-state index contributed by atoms with van der Waals surface area (Å²) in [7, 11) is 1.26. The van der Waals surface area contributed by atoms with Crippen LogP contribution in [0, 0.1) is 11.3 Å². The first-order valence-corrected chi connectivity index (χ1v) is 8.80. The number of rotatable bonds is 5. The van der Waals surface area contributed by atoms with E-state index in [1.54, 1.807) is 24.3 Å². The van der Waals surface area contributed by atoms with Gasteiger partial charge < -0.3 is 0 Å². The molecule has 0 aliphatic heterocycles. The summed E-state index contributed by atoms with van der Waals surface area (Å²) < 4.78 is 4.14. The van der Waals surface area contributed by atoms with E-state index in [2.05, 4.69) is 9.72 Å². The molecule has 7 heteroatoms. The number of ether oxygens (including phenoxy) is 1. The van der Waals surface area contributed by atoms with Gasteiger partial charge in [-0.25, -0.2) is 0 Å². The van der Waals surface area contributed by atoms with Crippen molar-refractivity contribution in [3.8, 4) is 22.9 Å². The first-order valence-electron chi connectivity index (χ1n) is 6.53. The molecule has 2 rings (SSSR count). The fourth-order valence-electron chi connectivity index (χ4n) is 1.82. The van der Waals surface area contributed by atoms with Crippen LogP contribution >= 0.6 is 0 Å². The molecular weight excluding hydrogens is 359 g/mol. The average Bonchev–Trinajstić information content (AvgIpc) is 2.59. The van der Waals surface area contributed by atoms with Gasteiger partial charge >= 0.3 is 139 Å². The first kappa shape index (κ1) is 16.7. The third-order valence-corrected chi connectivity index (χ3v) is 4.90. The van der Waals surface area contributed by atoms with Crippen molar-refractivity contribution in [1.29, 1.82) is 5.26 Å². The van der Waals surface area contributed by atoms with Crippen molar-refractivity contribution in [1.82, 2.24) is 4.98 Å². The molecule has 0 spiro atoms. The fourth-order valence-corrected chi connectivity index (χ4v) is 3.34. The Hall–Kier alpha value is -2.64. The number of nitrogens with zero attached hydrogens (tertiary/aromatic N) is 2. The summed E-state index contributed by atoms with van der Waals surface area (Å²) in [5, 5.41) is 19.0. The zero-order chi connectivity index (χ0) is 16.8. The molecule has 0 fully saturated rings. The van der Waals surface area contributed by atoms with Gasteiger partial charge in [0.2, 0.25) is 0 Å². The van der Waals surface area contributed by atoms with Crippen LogP contribution in [0.3, 0.4) is 0 Å². The van der Waals surface area contributed by atoms with Gasteiger partial charge in [0.05, 0.1) is 0 Å². The molecule has 0 amide bonds. The summed E-state index contributed by atoms with van der Waals surface area (Å²) in [6.07, 6.45) is 1.46.